The maximum Gasteiger partial charge on any atom is 0.490 e. The highest BCUT2D eigenvalue weighted by Gasteiger charge is 2.38. The first kappa shape index (κ1) is 37.0. The third-order valence-electron chi connectivity index (χ3n) is 5.16. The van der Waals surface area contributed by atoms with Crippen molar-refractivity contribution in [2.45, 2.75) is 18.9 Å². The molecular weight excluding hydrogens is 680 g/mol. The van der Waals surface area contributed by atoms with Crippen molar-refractivity contribution >= 4 is 57.6 Å². The zero-order chi connectivity index (χ0) is 35.0. The minimum atomic E-state index is -5.08. The lowest BCUT2D eigenvalue weighted by Crippen LogP contribution is -2.23. The number of carboxylic acids is 2. The first-order valence-electron chi connectivity index (χ1n) is 11.8. The molecule has 1 aromatic heterocycles. The Morgan fingerprint density at radius 2 is 1.52 bits per heavy atom. The molecule has 1 amide bonds. The number of rotatable bonds is 5. The molecule has 46 heavy (non-hydrogen) atoms. The molecule has 0 saturated carbocycles. The summed E-state index contributed by atoms with van der Waals surface area (Å²) in [6.45, 7) is -0.102. The molecule has 4 aromatic rings. The second-order valence-corrected chi connectivity index (χ2v) is 9.40. The number of carboxylic acid groups (broad SMARTS) is 2. The van der Waals surface area contributed by atoms with Gasteiger partial charge in [0.2, 0.25) is 0 Å². The minimum Gasteiger partial charge on any atom is -0.475 e. The number of nitrogens with one attached hydrogen (secondary N) is 2. The van der Waals surface area contributed by atoms with Crippen LogP contribution in [0.15, 0.2) is 54.6 Å². The lowest BCUT2D eigenvalue weighted by molar-refractivity contribution is -0.193. The zero-order valence-electron chi connectivity index (χ0n) is 22.4. The second kappa shape index (κ2) is 15.2. The van der Waals surface area contributed by atoms with Crippen LogP contribution in [0.25, 0.3) is 10.9 Å². The summed E-state index contributed by atoms with van der Waals surface area (Å²) in [5, 5.41) is 27.1. The lowest BCUT2D eigenvalue weighted by atomic mass is 10.2. The molecule has 3 aromatic carbocycles. The van der Waals surface area contributed by atoms with E-state index in [1.165, 1.54) is 30.3 Å². The van der Waals surface area contributed by atoms with Crippen LogP contribution in [-0.4, -0.2) is 45.4 Å². The number of H-pyrrole nitrogens is 1. The maximum atomic E-state index is 15.1. The highest BCUT2D eigenvalue weighted by Crippen LogP contribution is 2.35. The quantitative estimate of drug-likeness (QED) is 0.109. The Morgan fingerprint density at radius 1 is 0.935 bits per heavy atom. The van der Waals surface area contributed by atoms with Gasteiger partial charge in [-0.05, 0) is 48.5 Å². The Balaban J connectivity index is 0.000000440. The zero-order valence-corrected chi connectivity index (χ0v) is 23.9. The standard InChI is InChI=1S/C23H15Cl2FN4O2.2C2HF3O2/c24-15-5-12(10-27)6-17(9-15)32-22-18(25)3-1-13(21(22)26)11-29-23(31)20-8-14-7-16(28)2-4-19(14)30-20;2*3-2(4,5)1(6)7/h1-9,30H,11,28H2,(H,29,31);2*(H,6,7). The van der Waals surface area contributed by atoms with Crippen molar-refractivity contribution in [2.24, 2.45) is 0 Å². The van der Waals surface area contributed by atoms with Crippen molar-refractivity contribution in [3.63, 3.8) is 0 Å². The smallest absolute Gasteiger partial charge is 0.475 e. The summed E-state index contributed by atoms with van der Waals surface area (Å²) in [6, 6.07) is 16.1. The number of aliphatic carboxylic acids is 2. The number of nitrogen functional groups attached to an aromatic ring is 1. The summed E-state index contributed by atoms with van der Waals surface area (Å²) in [7, 11) is 0. The van der Waals surface area contributed by atoms with Crippen molar-refractivity contribution in [1.29, 1.82) is 5.26 Å². The molecule has 6 N–H and O–H groups in total. The Morgan fingerprint density at radius 3 is 2.07 bits per heavy atom. The molecular formula is C27H17Cl2F7N4O6. The molecule has 0 saturated heterocycles. The normalized spacial score (nSPS) is 10.9. The van der Waals surface area contributed by atoms with Crippen LogP contribution >= 0.6 is 23.2 Å². The van der Waals surface area contributed by atoms with Gasteiger partial charge < -0.3 is 31.0 Å². The summed E-state index contributed by atoms with van der Waals surface area (Å²) in [5.41, 5.74) is 7.85. The molecule has 19 heteroatoms. The fraction of sp³-hybridized carbons (Fsp3) is 0.111. The lowest BCUT2D eigenvalue weighted by Gasteiger charge is -2.13. The Kier molecular flexibility index (Phi) is 12.2. The number of hydrogen-bond donors (Lipinski definition) is 5. The van der Waals surface area contributed by atoms with Crippen LogP contribution in [0.1, 0.15) is 21.6 Å². The van der Waals surface area contributed by atoms with Crippen LogP contribution in [0, 0.1) is 17.1 Å². The Bertz CT molecular complexity index is 1780. The van der Waals surface area contributed by atoms with E-state index in [1.54, 1.807) is 24.3 Å². The Hall–Kier alpha value is -5.21. The van der Waals surface area contributed by atoms with Crippen LogP contribution in [0.3, 0.4) is 0 Å². The van der Waals surface area contributed by atoms with Crippen molar-refractivity contribution in [3.05, 3.63) is 87.3 Å². The van der Waals surface area contributed by atoms with E-state index in [-0.39, 0.29) is 39.2 Å². The number of nitriles is 1. The fourth-order valence-corrected chi connectivity index (χ4v) is 3.56. The number of carbonyl (C=O) groups is 3. The molecule has 0 atom stereocenters. The molecule has 0 aliphatic heterocycles. The number of aromatic nitrogens is 1. The Labute approximate surface area is 262 Å². The van der Waals surface area contributed by atoms with Crippen LogP contribution in [0.2, 0.25) is 10.0 Å². The summed E-state index contributed by atoms with van der Waals surface area (Å²) in [5.74, 6) is -6.73. The molecule has 0 radical (unpaired) electrons. The molecule has 1 heterocycles. The first-order chi connectivity index (χ1) is 21.2. The van der Waals surface area contributed by atoms with E-state index < -0.39 is 36.0 Å². The summed E-state index contributed by atoms with van der Waals surface area (Å²) in [4.78, 5) is 33.3. The molecule has 0 aliphatic rings. The van der Waals surface area contributed by atoms with E-state index in [2.05, 4.69) is 10.3 Å². The molecule has 0 unspecified atom stereocenters. The molecule has 0 fully saturated rings. The highest BCUT2D eigenvalue weighted by molar-refractivity contribution is 6.32. The monoisotopic (exact) mass is 696 g/mol. The van der Waals surface area contributed by atoms with Crippen LogP contribution in [-0.2, 0) is 16.1 Å². The van der Waals surface area contributed by atoms with E-state index in [4.69, 9.17) is 58.7 Å². The number of aromatic amines is 1. The minimum absolute atomic E-state index is 0.0317. The van der Waals surface area contributed by atoms with E-state index in [9.17, 15) is 31.1 Å². The van der Waals surface area contributed by atoms with Gasteiger partial charge in [-0.15, -0.1) is 0 Å². The van der Waals surface area contributed by atoms with Gasteiger partial charge in [0.25, 0.3) is 5.91 Å². The number of carbonyl (C=O) groups excluding carboxylic acids is 1. The third kappa shape index (κ3) is 10.7. The van der Waals surface area contributed by atoms with Crippen LogP contribution in [0.5, 0.6) is 11.5 Å². The van der Waals surface area contributed by atoms with Gasteiger partial charge in [0.1, 0.15) is 11.4 Å². The van der Waals surface area contributed by atoms with Gasteiger partial charge in [0.05, 0.1) is 16.7 Å². The first-order valence-corrected chi connectivity index (χ1v) is 12.6. The molecule has 0 bridgehead atoms. The number of amides is 1. The van der Waals surface area contributed by atoms with E-state index >= 15 is 4.39 Å². The van der Waals surface area contributed by atoms with E-state index in [0.29, 0.717) is 11.4 Å². The van der Waals surface area contributed by atoms with Crippen molar-refractivity contribution < 1.29 is 60.1 Å². The summed E-state index contributed by atoms with van der Waals surface area (Å²) in [6.07, 6.45) is -10.2. The predicted molar refractivity (Wildman–Crippen MR) is 149 cm³/mol. The van der Waals surface area contributed by atoms with Gasteiger partial charge in [-0.2, -0.15) is 31.6 Å². The average molecular weight is 697 g/mol. The molecule has 0 aliphatic carbocycles. The SMILES string of the molecule is N#Cc1cc(Cl)cc(Oc2c(Cl)ccc(CNC(=O)c3cc4cc(N)ccc4[nH]3)c2F)c1.O=C(O)C(F)(F)F.O=C(O)C(F)(F)F. The van der Waals surface area contributed by atoms with Gasteiger partial charge in [-0.3, -0.25) is 4.79 Å². The molecule has 10 nitrogen and oxygen atoms in total. The van der Waals surface area contributed by atoms with Gasteiger partial charge in [-0.1, -0.05) is 29.3 Å². The number of ether oxygens (including phenoxy) is 1. The largest absolute Gasteiger partial charge is 0.490 e. The number of halogens is 9. The number of hydrogen-bond acceptors (Lipinski definition) is 6. The van der Waals surface area contributed by atoms with Gasteiger partial charge in [0.15, 0.2) is 11.6 Å². The van der Waals surface area contributed by atoms with E-state index in [0.717, 1.165) is 10.9 Å². The average Bonchev–Trinajstić information content (AvgIpc) is 3.37. The number of alkyl halides is 6. The van der Waals surface area contributed by atoms with E-state index in [1.807, 2.05) is 6.07 Å². The predicted octanol–water partition coefficient (Wildman–Crippen LogP) is 7.06. The van der Waals surface area contributed by atoms with Gasteiger partial charge >= 0.3 is 24.3 Å². The van der Waals surface area contributed by atoms with Gasteiger partial charge in [0, 0.05) is 33.7 Å². The second-order valence-electron chi connectivity index (χ2n) is 8.56. The summed E-state index contributed by atoms with van der Waals surface area (Å²) < 4.78 is 84.1. The van der Waals surface area contributed by atoms with Crippen LogP contribution < -0.4 is 15.8 Å². The maximum absolute atomic E-state index is 15.1. The number of nitrogens with zero attached hydrogens (tertiary/aromatic N) is 1. The number of fused-ring (bicyclic) bond motifs is 1. The number of benzene rings is 3. The van der Waals surface area contributed by atoms with Crippen LogP contribution in [0.4, 0.5) is 36.4 Å². The summed E-state index contributed by atoms with van der Waals surface area (Å²) >= 11 is 12.1. The van der Waals surface area contributed by atoms with Crippen molar-refractivity contribution in [2.75, 3.05) is 5.73 Å². The van der Waals surface area contributed by atoms with Gasteiger partial charge in [-0.25, -0.2) is 14.0 Å². The van der Waals surface area contributed by atoms with Crippen molar-refractivity contribution in [3.8, 4) is 17.6 Å². The fourth-order valence-electron chi connectivity index (χ4n) is 3.15. The topological polar surface area (TPSA) is 179 Å². The number of anilines is 1. The molecule has 0 spiro atoms. The third-order valence-corrected chi connectivity index (χ3v) is 5.68. The number of nitrogens with two attached hydrogens (primary N) is 1. The highest BCUT2D eigenvalue weighted by atomic mass is 35.5. The van der Waals surface area contributed by atoms with Crippen molar-refractivity contribution in [1.82, 2.24) is 10.3 Å². The molecule has 244 valence electrons. The molecule has 4 rings (SSSR count).